The third-order valence-corrected chi connectivity index (χ3v) is 2.50. The molecule has 0 aliphatic carbocycles. The van der Waals surface area contributed by atoms with E-state index < -0.39 is 5.97 Å². The Morgan fingerprint density at radius 3 is 2.83 bits per heavy atom. The van der Waals surface area contributed by atoms with Gasteiger partial charge in [-0.05, 0) is 25.1 Å². The highest BCUT2D eigenvalue weighted by Crippen LogP contribution is 2.24. The second-order valence-electron chi connectivity index (χ2n) is 3.47. The van der Waals surface area contributed by atoms with Gasteiger partial charge in [0, 0.05) is 12.3 Å². The van der Waals surface area contributed by atoms with Crippen LogP contribution in [0.3, 0.4) is 0 Å². The van der Waals surface area contributed by atoms with E-state index in [4.69, 9.17) is 21.4 Å². The van der Waals surface area contributed by atoms with Crippen LogP contribution in [0.1, 0.15) is 16.2 Å². The van der Waals surface area contributed by atoms with E-state index in [2.05, 4.69) is 9.97 Å². The van der Waals surface area contributed by atoms with E-state index >= 15 is 0 Å². The maximum atomic E-state index is 10.9. The van der Waals surface area contributed by atoms with Gasteiger partial charge in [0.2, 0.25) is 5.88 Å². The molecular formula is C12H9ClN2O3. The highest BCUT2D eigenvalue weighted by molar-refractivity contribution is 6.33. The Hall–Kier alpha value is -2.14. The van der Waals surface area contributed by atoms with Crippen LogP contribution in [0.25, 0.3) is 0 Å². The lowest BCUT2D eigenvalue weighted by atomic mass is 10.3. The summed E-state index contributed by atoms with van der Waals surface area (Å²) < 4.78 is 5.46. The van der Waals surface area contributed by atoms with Crippen molar-refractivity contribution in [1.29, 1.82) is 0 Å². The van der Waals surface area contributed by atoms with Crippen molar-refractivity contribution in [3.05, 3.63) is 46.9 Å². The molecule has 0 aromatic carbocycles. The molecule has 0 atom stereocenters. The zero-order chi connectivity index (χ0) is 13.1. The second kappa shape index (κ2) is 5.01. The van der Waals surface area contributed by atoms with Crippen molar-refractivity contribution < 1.29 is 14.6 Å². The van der Waals surface area contributed by atoms with E-state index in [0.717, 1.165) is 0 Å². The maximum absolute atomic E-state index is 10.9. The topological polar surface area (TPSA) is 72.3 Å². The van der Waals surface area contributed by atoms with Crippen molar-refractivity contribution in [3.63, 3.8) is 0 Å². The Labute approximate surface area is 108 Å². The van der Waals surface area contributed by atoms with Gasteiger partial charge in [0.05, 0.1) is 10.7 Å². The van der Waals surface area contributed by atoms with Crippen LogP contribution in [0.15, 0.2) is 30.5 Å². The third kappa shape index (κ3) is 2.57. The van der Waals surface area contributed by atoms with Gasteiger partial charge in [-0.15, -0.1) is 0 Å². The molecule has 2 aromatic heterocycles. The molecule has 2 heterocycles. The molecule has 2 rings (SSSR count). The van der Waals surface area contributed by atoms with E-state index in [1.807, 2.05) is 0 Å². The van der Waals surface area contributed by atoms with Gasteiger partial charge in [0.25, 0.3) is 0 Å². The normalized spacial score (nSPS) is 10.1. The van der Waals surface area contributed by atoms with Crippen LogP contribution in [0.4, 0.5) is 0 Å². The summed E-state index contributed by atoms with van der Waals surface area (Å²) in [5, 5.41) is 8.96. The van der Waals surface area contributed by atoms with Gasteiger partial charge < -0.3 is 9.84 Å². The van der Waals surface area contributed by atoms with Gasteiger partial charge >= 0.3 is 5.97 Å². The fourth-order valence-corrected chi connectivity index (χ4v) is 1.51. The first kappa shape index (κ1) is 12.3. The lowest BCUT2D eigenvalue weighted by molar-refractivity contribution is 0.0690. The van der Waals surface area contributed by atoms with E-state index in [1.165, 1.54) is 12.1 Å². The highest BCUT2D eigenvalue weighted by atomic mass is 35.5. The number of aromatic nitrogens is 2. The summed E-state index contributed by atoms with van der Waals surface area (Å²) in [5.41, 5.74) is 0.446. The molecule has 0 radical (unpaired) electrons. The van der Waals surface area contributed by atoms with E-state index in [1.54, 1.807) is 25.3 Å². The van der Waals surface area contributed by atoms with E-state index in [9.17, 15) is 4.79 Å². The number of ether oxygens (including phenoxy) is 1. The van der Waals surface area contributed by atoms with Gasteiger partial charge in [-0.2, -0.15) is 0 Å². The van der Waals surface area contributed by atoms with Gasteiger partial charge in [-0.25, -0.2) is 9.78 Å². The molecule has 0 saturated carbocycles. The monoisotopic (exact) mass is 264 g/mol. The minimum atomic E-state index is -1.20. The first-order valence-electron chi connectivity index (χ1n) is 5.07. The van der Waals surface area contributed by atoms with Crippen LogP contribution >= 0.6 is 11.6 Å². The summed E-state index contributed by atoms with van der Waals surface area (Å²) in [6.45, 7) is 1.78. The molecule has 0 bridgehead atoms. The van der Waals surface area contributed by atoms with Crippen LogP contribution < -0.4 is 4.74 Å². The minimum Gasteiger partial charge on any atom is -0.476 e. The summed E-state index contributed by atoms with van der Waals surface area (Å²) in [6.07, 6.45) is 1.64. The van der Waals surface area contributed by atoms with Crippen molar-refractivity contribution in [2.75, 3.05) is 0 Å². The Balaban J connectivity index is 2.33. The van der Waals surface area contributed by atoms with Crippen molar-refractivity contribution >= 4 is 17.6 Å². The van der Waals surface area contributed by atoms with Crippen LogP contribution in [-0.2, 0) is 0 Å². The SMILES string of the molecule is Cc1ncccc1Oc1ccc(Cl)c(C(=O)O)n1. The van der Waals surface area contributed by atoms with E-state index in [0.29, 0.717) is 11.4 Å². The summed E-state index contributed by atoms with van der Waals surface area (Å²) in [5.74, 6) is -0.523. The number of aromatic carboxylic acids is 1. The number of carbonyl (C=O) groups is 1. The number of carboxylic acid groups (broad SMARTS) is 1. The lowest BCUT2D eigenvalue weighted by Crippen LogP contribution is -2.02. The second-order valence-corrected chi connectivity index (χ2v) is 3.88. The number of aryl methyl sites for hydroxylation is 1. The number of carboxylic acids is 1. The molecule has 5 nitrogen and oxygen atoms in total. The zero-order valence-corrected chi connectivity index (χ0v) is 10.2. The molecule has 0 aliphatic rings. The van der Waals surface area contributed by atoms with E-state index in [-0.39, 0.29) is 16.6 Å². The van der Waals surface area contributed by atoms with Crippen molar-refractivity contribution in [2.24, 2.45) is 0 Å². The number of hydrogen-bond donors (Lipinski definition) is 1. The predicted octanol–water partition coefficient (Wildman–Crippen LogP) is 2.93. The fraction of sp³-hybridized carbons (Fsp3) is 0.0833. The van der Waals surface area contributed by atoms with Gasteiger partial charge in [0.1, 0.15) is 0 Å². The Morgan fingerprint density at radius 1 is 1.39 bits per heavy atom. The number of halogens is 1. The maximum Gasteiger partial charge on any atom is 0.356 e. The first-order valence-corrected chi connectivity index (χ1v) is 5.45. The Morgan fingerprint density at radius 2 is 2.17 bits per heavy atom. The number of rotatable bonds is 3. The molecule has 6 heteroatoms. The van der Waals surface area contributed by atoms with Crippen molar-refractivity contribution in [3.8, 4) is 11.6 Å². The molecule has 0 saturated heterocycles. The molecule has 0 unspecified atom stereocenters. The molecule has 18 heavy (non-hydrogen) atoms. The molecule has 92 valence electrons. The molecule has 2 aromatic rings. The predicted molar refractivity (Wildman–Crippen MR) is 65.3 cm³/mol. The lowest BCUT2D eigenvalue weighted by Gasteiger charge is -2.07. The Kier molecular flexibility index (Phi) is 3.43. The third-order valence-electron chi connectivity index (χ3n) is 2.20. The molecule has 0 fully saturated rings. The number of pyridine rings is 2. The number of nitrogens with zero attached hydrogens (tertiary/aromatic N) is 2. The summed E-state index contributed by atoms with van der Waals surface area (Å²) >= 11 is 5.71. The van der Waals surface area contributed by atoms with Crippen LogP contribution in [-0.4, -0.2) is 21.0 Å². The Bertz CT molecular complexity index is 602. The minimum absolute atomic E-state index is 0.0674. The molecule has 1 N–H and O–H groups in total. The molecule has 0 aliphatic heterocycles. The van der Waals surface area contributed by atoms with Gasteiger partial charge in [-0.1, -0.05) is 11.6 Å². The summed E-state index contributed by atoms with van der Waals surface area (Å²) in [7, 11) is 0. The quantitative estimate of drug-likeness (QED) is 0.923. The van der Waals surface area contributed by atoms with Gasteiger partial charge in [0.15, 0.2) is 11.4 Å². The molecule has 0 spiro atoms. The van der Waals surface area contributed by atoms with Crippen molar-refractivity contribution in [1.82, 2.24) is 9.97 Å². The molecule has 0 amide bonds. The van der Waals surface area contributed by atoms with Crippen LogP contribution in [0.5, 0.6) is 11.6 Å². The average molecular weight is 265 g/mol. The standard InChI is InChI=1S/C12H9ClN2O3/c1-7-9(3-2-6-14-7)18-10-5-4-8(13)11(15-10)12(16)17/h2-6H,1H3,(H,16,17). The summed E-state index contributed by atoms with van der Waals surface area (Å²) in [4.78, 5) is 18.8. The van der Waals surface area contributed by atoms with Crippen LogP contribution in [0.2, 0.25) is 5.02 Å². The first-order chi connectivity index (χ1) is 8.58. The van der Waals surface area contributed by atoms with Crippen LogP contribution in [0, 0.1) is 6.92 Å². The fourth-order valence-electron chi connectivity index (χ4n) is 1.32. The number of hydrogen-bond acceptors (Lipinski definition) is 4. The summed E-state index contributed by atoms with van der Waals surface area (Å²) in [6, 6.07) is 6.37. The van der Waals surface area contributed by atoms with Gasteiger partial charge in [-0.3, -0.25) is 4.98 Å². The highest BCUT2D eigenvalue weighted by Gasteiger charge is 2.12. The average Bonchev–Trinajstić information content (AvgIpc) is 2.34. The van der Waals surface area contributed by atoms with Crippen molar-refractivity contribution in [2.45, 2.75) is 6.92 Å². The molecular weight excluding hydrogens is 256 g/mol. The zero-order valence-electron chi connectivity index (χ0n) is 9.42. The largest absolute Gasteiger partial charge is 0.476 e. The smallest absolute Gasteiger partial charge is 0.356 e.